The molecule has 29 heavy (non-hydrogen) atoms. The second-order valence-electron chi connectivity index (χ2n) is 7.54. The Hall–Kier alpha value is -1.89. The molecule has 0 saturated heterocycles. The summed E-state index contributed by atoms with van der Waals surface area (Å²) in [5.74, 6) is 0. The molecule has 0 fully saturated rings. The fraction of sp³-hybridized carbons (Fsp3) is 0.545. The molecule has 0 bridgehead atoms. The Kier molecular flexibility index (Phi) is 10.9. The van der Waals surface area contributed by atoms with Gasteiger partial charge in [0.15, 0.2) is 0 Å². The topological polar surface area (TPSA) is 59.8 Å². The van der Waals surface area contributed by atoms with E-state index in [2.05, 4.69) is 65.3 Å². The fourth-order valence-electron chi connectivity index (χ4n) is 3.11. The lowest BCUT2D eigenvalue weighted by Gasteiger charge is -2.41. The van der Waals surface area contributed by atoms with E-state index in [9.17, 15) is 0 Å². The van der Waals surface area contributed by atoms with Crippen LogP contribution in [0.1, 0.15) is 33.1 Å². The van der Waals surface area contributed by atoms with Crippen LogP contribution in [-0.4, -0.2) is 60.6 Å². The van der Waals surface area contributed by atoms with Crippen molar-refractivity contribution >= 4 is 11.6 Å². The maximum Gasteiger partial charge on any atom is 0.0964 e. The predicted molar refractivity (Wildman–Crippen MR) is 126 cm³/mol. The summed E-state index contributed by atoms with van der Waals surface area (Å²) < 4.78 is 0. The number of nitrogens with zero attached hydrogens (tertiary/aromatic N) is 3. The highest BCUT2D eigenvalue weighted by Crippen LogP contribution is 2.23. The van der Waals surface area contributed by atoms with E-state index in [1.807, 2.05) is 26.2 Å². The average molecular weight is 423 g/mol. The SMILES string of the molecule is C=C(C)NNC(CC)N(CC1C=CC(Cl)=CN1C)C(=C)C(=C)N(C)CCCCN. The van der Waals surface area contributed by atoms with Gasteiger partial charge in [-0.2, -0.15) is 0 Å². The number of allylic oxidation sites excluding steroid dienone is 3. The van der Waals surface area contributed by atoms with Gasteiger partial charge >= 0.3 is 0 Å². The quantitative estimate of drug-likeness (QED) is 0.173. The molecule has 1 rings (SSSR count). The molecule has 6 nitrogen and oxygen atoms in total. The standard InChI is InChI=1S/C22H39ClN6/c1-8-22(26-25-17(2)3)29(16-21-12-11-20(23)15-28(21)7)19(5)18(4)27(6)14-10-9-13-24/h11-12,15,21-22,25-26H,2,4-5,8-10,13-14,16,24H2,1,3,6-7H3. The molecule has 0 amide bonds. The zero-order valence-electron chi connectivity index (χ0n) is 18.5. The van der Waals surface area contributed by atoms with E-state index in [1.165, 1.54) is 0 Å². The van der Waals surface area contributed by atoms with Gasteiger partial charge in [0.25, 0.3) is 0 Å². The van der Waals surface area contributed by atoms with Crippen molar-refractivity contribution in [1.82, 2.24) is 25.6 Å². The van der Waals surface area contributed by atoms with Crippen molar-refractivity contribution in [2.45, 2.75) is 45.3 Å². The summed E-state index contributed by atoms with van der Waals surface area (Å²) >= 11 is 6.14. The van der Waals surface area contributed by atoms with Gasteiger partial charge in [-0.1, -0.05) is 44.3 Å². The summed E-state index contributed by atoms with van der Waals surface area (Å²) in [5.41, 5.74) is 14.8. The van der Waals surface area contributed by atoms with Gasteiger partial charge in [-0.3, -0.25) is 0 Å². The maximum atomic E-state index is 6.14. The van der Waals surface area contributed by atoms with Gasteiger partial charge in [-0.25, -0.2) is 5.43 Å². The third-order valence-corrected chi connectivity index (χ3v) is 5.24. The molecule has 0 spiro atoms. The molecule has 7 heteroatoms. The van der Waals surface area contributed by atoms with Crippen LogP contribution in [0.4, 0.5) is 0 Å². The largest absolute Gasteiger partial charge is 0.373 e. The highest BCUT2D eigenvalue weighted by atomic mass is 35.5. The normalized spacial score (nSPS) is 16.8. The van der Waals surface area contributed by atoms with E-state index in [1.54, 1.807) is 0 Å². The first-order valence-electron chi connectivity index (χ1n) is 10.2. The molecule has 0 aromatic rings. The monoisotopic (exact) mass is 422 g/mol. The van der Waals surface area contributed by atoms with E-state index >= 15 is 0 Å². The molecule has 0 radical (unpaired) electrons. The molecule has 0 saturated carbocycles. The van der Waals surface area contributed by atoms with Gasteiger partial charge in [0.05, 0.1) is 28.6 Å². The molecule has 1 heterocycles. The zero-order valence-corrected chi connectivity index (χ0v) is 19.3. The van der Waals surface area contributed by atoms with Crippen LogP contribution in [-0.2, 0) is 0 Å². The number of nitrogens with two attached hydrogens (primary N) is 1. The van der Waals surface area contributed by atoms with Crippen molar-refractivity contribution in [2.24, 2.45) is 5.73 Å². The van der Waals surface area contributed by atoms with Crippen molar-refractivity contribution < 1.29 is 0 Å². The van der Waals surface area contributed by atoms with Gasteiger partial charge in [-0.15, -0.1) is 0 Å². The Labute approximate surface area is 182 Å². The first-order valence-corrected chi connectivity index (χ1v) is 10.6. The molecule has 164 valence electrons. The van der Waals surface area contributed by atoms with Crippen molar-refractivity contribution in [3.8, 4) is 0 Å². The number of unbranched alkanes of at least 4 members (excludes halogenated alkanes) is 1. The summed E-state index contributed by atoms with van der Waals surface area (Å²) in [6.07, 6.45) is 8.94. The molecular weight excluding hydrogens is 384 g/mol. The van der Waals surface area contributed by atoms with Gasteiger partial charge in [0, 0.05) is 39.1 Å². The van der Waals surface area contributed by atoms with E-state index in [0.717, 1.165) is 54.5 Å². The third-order valence-electron chi connectivity index (χ3n) is 5.01. The number of halogens is 1. The first-order chi connectivity index (χ1) is 13.7. The summed E-state index contributed by atoms with van der Waals surface area (Å²) in [7, 11) is 4.09. The maximum absolute atomic E-state index is 6.14. The number of hydrogen-bond acceptors (Lipinski definition) is 6. The Balaban J connectivity index is 2.98. The molecule has 1 aliphatic heterocycles. The molecular formula is C22H39ClN6. The van der Waals surface area contributed by atoms with E-state index in [4.69, 9.17) is 17.3 Å². The van der Waals surface area contributed by atoms with Crippen molar-refractivity contribution in [2.75, 3.05) is 33.7 Å². The van der Waals surface area contributed by atoms with Gasteiger partial charge in [0.2, 0.25) is 0 Å². The lowest BCUT2D eigenvalue weighted by atomic mass is 10.1. The van der Waals surface area contributed by atoms with Crippen LogP contribution in [0.2, 0.25) is 0 Å². The lowest BCUT2D eigenvalue weighted by molar-refractivity contribution is 0.161. The van der Waals surface area contributed by atoms with Crippen LogP contribution in [0.3, 0.4) is 0 Å². The Morgan fingerprint density at radius 2 is 2.00 bits per heavy atom. The smallest absolute Gasteiger partial charge is 0.0964 e. The van der Waals surface area contributed by atoms with Gasteiger partial charge in [-0.05, 0) is 38.8 Å². The molecule has 0 aromatic carbocycles. The molecule has 4 N–H and O–H groups in total. The minimum Gasteiger partial charge on any atom is -0.373 e. The summed E-state index contributed by atoms with van der Waals surface area (Å²) in [4.78, 5) is 6.53. The highest BCUT2D eigenvalue weighted by molar-refractivity contribution is 6.31. The van der Waals surface area contributed by atoms with Gasteiger partial charge < -0.3 is 25.9 Å². The number of hydrazine groups is 1. The summed E-state index contributed by atoms with van der Waals surface area (Å²) in [5, 5.41) is 0.729. The van der Waals surface area contributed by atoms with E-state index in [0.29, 0.717) is 6.54 Å². The number of hydrogen-bond donors (Lipinski definition) is 3. The van der Waals surface area contributed by atoms with Crippen LogP contribution in [0.5, 0.6) is 0 Å². The van der Waals surface area contributed by atoms with Gasteiger partial charge in [0.1, 0.15) is 0 Å². The Morgan fingerprint density at radius 3 is 2.55 bits per heavy atom. The van der Waals surface area contributed by atoms with E-state index in [-0.39, 0.29) is 12.2 Å². The number of likely N-dealkylation sites (N-methyl/N-ethyl adjacent to an activating group) is 2. The second-order valence-corrected chi connectivity index (χ2v) is 7.98. The Bertz CT molecular complexity index is 627. The number of rotatable bonds is 14. The van der Waals surface area contributed by atoms with Crippen molar-refractivity contribution in [1.29, 1.82) is 0 Å². The van der Waals surface area contributed by atoms with Crippen LogP contribution < -0.4 is 16.6 Å². The second kappa shape index (κ2) is 12.6. The molecule has 1 aliphatic rings. The van der Waals surface area contributed by atoms with Crippen molar-refractivity contribution in [3.05, 3.63) is 60.2 Å². The minimum atomic E-state index is 0.0246. The van der Waals surface area contributed by atoms with E-state index < -0.39 is 0 Å². The number of nitrogens with one attached hydrogen (secondary N) is 2. The minimum absolute atomic E-state index is 0.0246. The van der Waals surface area contributed by atoms with Crippen LogP contribution >= 0.6 is 11.6 Å². The lowest BCUT2D eigenvalue weighted by Crippen LogP contribution is -2.53. The molecule has 2 unspecified atom stereocenters. The fourth-order valence-corrected chi connectivity index (χ4v) is 3.34. The predicted octanol–water partition coefficient (Wildman–Crippen LogP) is 3.30. The highest BCUT2D eigenvalue weighted by Gasteiger charge is 2.25. The van der Waals surface area contributed by atoms with Crippen molar-refractivity contribution in [3.63, 3.8) is 0 Å². The summed E-state index contributed by atoms with van der Waals surface area (Å²) in [6.45, 7) is 19.0. The Morgan fingerprint density at radius 1 is 1.31 bits per heavy atom. The average Bonchev–Trinajstić information content (AvgIpc) is 2.67. The third kappa shape index (κ3) is 8.17. The zero-order chi connectivity index (χ0) is 22.0. The van der Waals surface area contributed by atoms with Crippen LogP contribution in [0, 0.1) is 0 Å². The molecule has 0 aromatic heterocycles. The van der Waals surface area contributed by atoms with Crippen LogP contribution in [0.25, 0.3) is 0 Å². The molecule has 2 atom stereocenters. The van der Waals surface area contributed by atoms with Crippen LogP contribution in [0.15, 0.2) is 60.2 Å². The first kappa shape index (κ1) is 25.1. The summed E-state index contributed by atoms with van der Waals surface area (Å²) in [6, 6.07) is 0.172. The molecule has 0 aliphatic carbocycles.